The molecule has 1 saturated heterocycles. The predicted molar refractivity (Wildman–Crippen MR) is 75.6 cm³/mol. The van der Waals surface area contributed by atoms with E-state index in [1.165, 1.54) is 38.6 Å². The topological polar surface area (TPSA) is 38.5 Å². The summed E-state index contributed by atoms with van der Waals surface area (Å²) in [6.45, 7) is 8.47. The van der Waals surface area contributed by atoms with Gasteiger partial charge in [-0.15, -0.1) is 0 Å². The van der Waals surface area contributed by atoms with Gasteiger partial charge < -0.3 is 10.5 Å². The lowest BCUT2D eigenvalue weighted by Gasteiger charge is -2.47. The molecule has 1 aliphatic heterocycles. The Morgan fingerprint density at radius 3 is 2.67 bits per heavy atom. The molecule has 2 fully saturated rings. The van der Waals surface area contributed by atoms with Gasteiger partial charge in [-0.05, 0) is 44.9 Å². The number of rotatable bonds is 3. The fourth-order valence-electron chi connectivity index (χ4n) is 3.70. The molecule has 2 rings (SSSR count). The highest BCUT2D eigenvalue weighted by atomic mass is 16.5. The SMILES string of the molecule is CCC1CCC(CN)(N2CCCOC(C)C2)CC1. The maximum Gasteiger partial charge on any atom is 0.0674 e. The number of nitrogens with two attached hydrogens (primary N) is 1. The average Bonchev–Trinajstić information content (AvgIpc) is 2.64. The molecule has 0 amide bonds. The smallest absolute Gasteiger partial charge is 0.0674 e. The van der Waals surface area contributed by atoms with Gasteiger partial charge in [0.05, 0.1) is 6.10 Å². The third-order valence-electron chi connectivity index (χ3n) is 5.12. The molecule has 0 aromatic heterocycles. The Labute approximate surface area is 112 Å². The zero-order chi connectivity index (χ0) is 13.0. The van der Waals surface area contributed by atoms with Gasteiger partial charge in [0.25, 0.3) is 0 Å². The minimum atomic E-state index is 0.271. The molecule has 18 heavy (non-hydrogen) atoms. The van der Waals surface area contributed by atoms with Crippen molar-refractivity contribution < 1.29 is 4.74 Å². The van der Waals surface area contributed by atoms with Crippen LogP contribution in [0.25, 0.3) is 0 Å². The summed E-state index contributed by atoms with van der Waals surface area (Å²) in [4.78, 5) is 2.65. The Balaban J connectivity index is 2.02. The molecule has 2 N–H and O–H groups in total. The van der Waals surface area contributed by atoms with Gasteiger partial charge in [0.15, 0.2) is 0 Å². The van der Waals surface area contributed by atoms with Crippen molar-refractivity contribution in [1.82, 2.24) is 4.90 Å². The van der Waals surface area contributed by atoms with E-state index in [-0.39, 0.29) is 5.54 Å². The molecule has 3 heteroatoms. The molecular formula is C15H30N2O. The van der Waals surface area contributed by atoms with E-state index >= 15 is 0 Å². The molecule has 1 atom stereocenters. The van der Waals surface area contributed by atoms with E-state index in [9.17, 15) is 0 Å². The quantitative estimate of drug-likeness (QED) is 0.840. The van der Waals surface area contributed by atoms with Gasteiger partial charge >= 0.3 is 0 Å². The third-order valence-corrected chi connectivity index (χ3v) is 5.12. The fourth-order valence-corrected chi connectivity index (χ4v) is 3.70. The highest BCUT2D eigenvalue weighted by Crippen LogP contribution is 2.37. The van der Waals surface area contributed by atoms with Crippen molar-refractivity contribution in [3.63, 3.8) is 0 Å². The molecule has 0 bridgehead atoms. The van der Waals surface area contributed by atoms with Crippen LogP contribution in [0.2, 0.25) is 0 Å². The lowest BCUT2D eigenvalue weighted by Crippen LogP contribution is -2.57. The Kier molecular flexibility index (Phi) is 5.05. The molecule has 1 saturated carbocycles. The maximum atomic E-state index is 6.17. The van der Waals surface area contributed by atoms with Gasteiger partial charge in [0.1, 0.15) is 0 Å². The van der Waals surface area contributed by atoms with Crippen molar-refractivity contribution in [3.8, 4) is 0 Å². The zero-order valence-electron chi connectivity index (χ0n) is 12.2. The summed E-state index contributed by atoms with van der Waals surface area (Å²) >= 11 is 0. The number of hydrogen-bond donors (Lipinski definition) is 1. The van der Waals surface area contributed by atoms with Gasteiger partial charge in [0, 0.05) is 31.8 Å². The van der Waals surface area contributed by atoms with Crippen molar-refractivity contribution in [2.75, 3.05) is 26.2 Å². The number of hydrogen-bond acceptors (Lipinski definition) is 3. The van der Waals surface area contributed by atoms with Crippen LogP contribution in [0.5, 0.6) is 0 Å². The zero-order valence-corrected chi connectivity index (χ0v) is 12.2. The summed E-state index contributed by atoms with van der Waals surface area (Å²) in [7, 11) is 0. The largest absolute Gasteiger partial charge is 0.377 e. The first-order valence-corrected chi connectivity index (χ1v) is 7.77. The maximum absolute atomic E-state index is 6.17. The highest BCUT2D eigenvalue weighted by molar-refractivity contribution is 4.96. The van der Waals surface area contributed by atoms with Crippen LogP contribution in [-0.4, -0.2) is 42.8 Å². The molecule has 3 nitrogen and oxygen atoms in total. The standard InChI is InChI=1S/C15H30N2O/c1-3-14-5-7-15(12-16,8-6-14)17-9-4-10-18-13(2)11-17/h13-14H,3-12,16H2,1-2H3. The Hall–Kier alpha value is -0.120. The minimum absolute atomic E-state index is 0.271. The average molecular weight is 254 g/mol. The number of nitrogens with zero attached hydrogens (tertiary/aromatic N) is 1. The van der Waals surface area contributed by atoms with E-state index < -0.39 is 0 Å². The van der Waals surface area contributed by atoms with Crippen molar-refractivity contribution in [1.29, 1.82) is 0 Å². The highest BCUT2D eigenvalue weighted by Gasteiger charge is 2.39. The molecule has 1 heterocycles. The van der Waals surface area contributed by atoms with Crippen molar-refractivity contribution in [2.24, 2.45) is 11.7 Å². The Morgan fingerprint density at radius 2 is 2.06 bits per heavy atom. The van der Waals surface area contributed by atoms with Crippen LogP contribution >= 0.6 is 0 Å². The minimum Gasteiger partial charge on any atom is -0.377 e. The van der Waals surface area contributed by atoms with E-state index in [0.29, 0.717) is 6.10 Å². The van der Waals surface area contributed by atoms with Crippen LogP contribution in [0.4, 0.5) is 0 Å². The van der Waals surface area contributed by atoms with Crippen LogP contribution in [0.3, 0.4) is 0 Å². The predicted octanol–water partition coefficient (Wildman–Crippen LogP) is 2.39. The lowest BCUT2D eigenvalue weighted by atomic mass is 9.74. The molecule has 2 aliphatic rings. The monoisotopic (exact) mass is 254 g/mol. The summed E-state index contributed by atoms with van der Waals surface area (Å²) in [6.07, 6.45) is 8.14. The fraction of sp³-hybridized carbons (Fsp3) is 1.00. The van der Waals surface area contributed by atoms with Crippen molar-refractivity contribution >= 4 is 0 Å². The normalized spacial score (nSPS) is 39.5. The first-order chi connectivity index (χ1) is 8.70. The van der Waals surface area contributed by atoms with Gasteiger partial charge in [-0.2, -0.15) is 0 Å². The second-order valence-electron chi connectivity index (χ2n) is 6.26. The second-order valence-corrected chi connectivity index (χ2v) is 6.26. The molecule has 106 valence electrons. The van der Waals surface area contributed by atoms with Crippen molar-refractivity contribution in [3.05, 3.63) is 0 Å². The molecule has 0 aromatic carbocycles. The van der Waals surface area contributed by atoms with Crippen LogP contribution < -0.4 is 5.73 Å². The lowest BCUT2D eigenvalue weighted by molar-refractivity contribution is 0.0134. The van der Waals surface area contributed by atoms with E-state index in [1.807, 2.05) is 0 Å². The first kappa shape index (κ1) is 14.3. The van der Waals surface area contributed by atoms with Crippen LogP contribution in [0.15, 0.2) is 0 Å². The van der Waals surface area contributed by atoms with Crippen LogP contribution in [-0.2, 0) is 4.74 Å². The van der Waals surface area contributed by atoms with E-state index in [2.05, 4.69) is 18.7 Å². The van der Waals surface area contributed by atoms with E-state index in [4.69, 9.17) is 10.5 Å². The number of ether oxygens (including phenoxy) is 1. The molecule has 0 radical (unpaired) electrons. The third kappa shape index (κ3) is 3.06. The summed E-state index contributed by atoms with van der Waals surface area (Å²) < 4.78 is 5.77. The van der Waals surface area contributed by atoms with Gasteiger partial charge in [-0.1, -0.05) is 13.3 Å². The van der Waals surface area contributed by atoms with E-state index in [0.717, 1.165) is 32.0 Å². The molecule has 1 unspecified atom stereocenters. The Morgan fingerprint density at radius 1 is 1.33 bits per heavy atom. The van der Waals surface area contributed by atoms with Crippen LogP contribution in [0, 0.1) is 5.92 Å². The van der Waals surface area contributed by atoms with Gasteiger partial charge in [0.2, 0.25) is 0 Å². The van der Waals surface area contributed by atoms with Gasteiger partial charge in [-0.25, -0.2) is 0 Å². The summed E-state index contributed by atoms with van der Waals surface area (Å²) in [6, 6.07) is 0. The summed E-state index contributed by atoms with van der Waals surface area (Å²) in [5, 5.41) is 0. The van der Waals surface area contributed by atoms with Gasteiger partial charge in [-0.3, -0.25) is 4.90 Å². The molecule has 1 aliphatic carbocycles. The van der Waals surface area contributed by atoms with E-state index in [1.54, 1.807) is 0 Å². The Bertz CT molecular complexity index is 249. The first-order valence-electron chi connectivity index (χ1n) is 7.77. The molecular weight excluding hydrogens is 224 g/mol. The van der Waals surface area contributed by atoms with Crippen molar-refractivity contribution in [2.45, 2.75) is 64.0 Å². The van der Waals surface area contributed by atoms with Crippen LogP contribution in [0.1, 0.15) is 52.4 Å². The molecule has 0 spiro atoms. The second kappa shape index (κ2) is 6.36. The molecule has 0 aromatic rings. The summed E-state index contributed by atoms with van der Waals surface area (Å²) in [5.74, 6) is 0.935. The summed E-state index contributed by atoms with van der Waals surface area (Å²) in [5.41, 5.74) is 6.44.